The van der Waals surface area contributed by atoms with Crippen LogP contribution in [0.5, 0.6) is 0 Å². The summed E-state index contributed by atoms with van der Waals surface area (Å²) in [7, 11) is 0. The number of carbonyl (C=O) groups is 1. The van der Waals surface area contributed by atoms with Gasteiger partial charge in [0.2, 0.25) is 5.91 Å². The number of carbonyl (C=O) groups excluding carboxylic acids is 1. The minimum atomic E-state index is -0.291. The minimum Gasteiger partial charge on any atom is -0.284 e. The molecule has 0 aromatic heterocycles. The average molecular weight is 369 g/mol. The first-order valence-corrected chi connectivity index (χ1v) is 9.44. The first-order chi connectivity index (χ1) is 12.7. The molecule has 1 aliphatic rings. The first-order valence-electron chi connectivity index (χ1n) is 8.56. The molecule has 0 radical (unpaired) electrons. The van der Waals surface area contributed by atoms with E-state index in [1.165, 1.54) is 23.9 Å². The standard InChI is InChI=1S/C20H20FN3OS/c1-2-6-18-19(25)24(14-16-9-11-17(21)12-10-16)20(26-18)23-22-13-15-7-4-3-5-8-15/h3-5,7-13,18H,2,6,14H2,1H3/b22-13-,23-20-/t18-/m0/s1. The Morgan fingerprint density at radius 2 is 1.88 bits per heavy atom. The molecule has 0 bridgehead atoms. The highest BCUT2D eigenvalue weighted by atomic mass is 32.2. The van der Waals surface area contributed by atoms with Gasteiger partial charge in [-0.25, -0.2) is 4.39 Å². The number of nitrogens with zero attached hydrogens (tertiary/aromatic N) is 3. The van der Waals surface area contributed by atoms with E-state index in [0.29, 0.717) is 11.7 Å². The maximum Gasteiger partial charge on any atom is 0.242 e. The van der Waals surface area contributed by atoms with Gasteiger partial charge in [0.1, 0.15) is 5.82 Å². The SMILES string of the molecule is CCC[C@@H]1S/C(=N\N=C/c2ccccc2)N(Cc2ccc(F)cc2)C1=O. The van der Waals surface area contributed by atoms with E-state index in [9.17, 15) is 9.18 Å². The summed E-state index contributed by atoms with van der Waals surface area (Å²) in [5, 5.41) is 8.88. The molecule has 0 aliphatic carbocycles. The zero-order chi connectivity index (χ0) is 18.4. The van der Waals surface area contributed by atoms with Gasteiger partial charge in [-0.3, -0.25) is 9.69 Å². The summed E-state index contributed by atoms with van der Waals surface area (Å²) in [6.07, 6.45) is 3.39. The van der Waals surface area contributed by atoms with E-state index in [-0.39, 0.29) is 17.0 Å². The Morgan fingerprint density at radius 3 is 2.58 bits per heavy atom. The molecule has 1 heterocycles. The molecule has 1 amide bonds. The average Bonchev–Trinajstić information content (AvgIpc) is 2.94. The fourth-order valence-electron chi connectivity index (χ4n) is 2.63. The Bertz CT molecular complexity index is 806. The van der Waals surface area contributed by atoms with Gasteiger partial charge in [-0.05, 0) is 29.7 Å². The Balaban J connectivity index is 1.79. The second-order valence-corrected chi connectivity index (χ2v) is 7.15. The summed E-state index contributed by atoms with van der Waals surface area (Å²) >= 11 is 1.45. The number of amidine groups is 1. The second kappa shape index (κ2) is 8.76. The van der Waals surface area contributed by atoms with Gasteiger partial charge in [0.25, 0.3) is 0 Å². The van der Waals surface area contributed by atoms with Crippen LogP contribution >= 0.6 is 11.8 Å². The van der Waals surface area contributed by atoms with Gasteiger partial charge in [0.05, 0.1) is 18.0 Å². The summed E-state index contributed by atoms with van der Waals surface area (Å²) in [6.45, 7) is 2.42. The second-order valence-electron chi connectivity index (χ2n) is 5.98. The Kier molecular flexibility index (Phi) is 6.17. The minimum absolute atomic E-state index is 0.0369. The molecule has 0 saturated carbocycles. The zero-order valence-corrected chi connectivity index (χ0v) is 15.3. The van der Waals surface area contributed by atoms with Crippen LogP contribution in [0.4, 0.5) is 4.39 Å². The van der Waals surface area contributed by atoms with E-state index < -0.39 is 0 Å². The van der Waals surface area contributed by atoms with E-state index in [1.807, 2.05) is 30.3 Å². The van der Waals surface area contributed by atoms with Crippen LogP contribution in [-0.2, 0) is 11.3 Å². The molecule has 2 aromatic carbocycles. The van der Waals surface area contributed by atoms with Gasteiger partial charge in [-0.2, -0.15) is 5.10 Å². The summed E-state index contributed by atoms with van der Waals surface area (Å²) in [4.78, 5) is 14.3. The number of hydrogen-bond acceptors (Lipinski definition) is 4. The number of rotatable bonds is 6. The molecule has 4 nitrogen and oxygen atoms in total. The van der Waals surface area contributed by atoms with Crippen molar-refractivity contribution in [3.8, 4) is 0 Å². The number of hydrogen-bond donors (Lipinski definition) is 0. The van der Waals surface area contributed by atoms with E-state index in [4.69, 9.17) is 0 Å². The predicted octanol–water partition coefficient (Wildman–Crippen LogP) is 4.46. The van der Waals surface area contributed by atoms with Gasteiger partial charge in [0.15, 0.2) is 5.17 Å². The van der Waals surface area contributed by atoms with Crippen LogP contribution in [0.25, 0.3) is 0 Å². The van der Waals surface area contributed by atoms with Crippen molar-refractivity contribution < 1.29 is 9.18 Å². The van der Waals surface area contributed by atoms with Crippen molar-refractivity contribution >= 4 is 29.1 Å². The van der Waals surface area contributed by atoms with E-state index in [0.717, 1.165) is 24.0 Å². The van der Waals surface area contributed by atoms with Gasteiger partial charge >= 0.3 is 0 Å². The van der Waals surface area contributed by atoms with Crippen molar-refractivity contribution in [3.63, 3.8) is 0 Å². The number of thioether (sulfide) groups is 1. The summed E-state index contributed by atoms with van der Waals surface area (Å²) in [5.41, 5.74) is 1.80. The molecule has 0 spiro atoms. The highest BCUT2D eigenvalue weighted by Crippen LogP contribution is 2.31. The highest BCUT2D eigenvalue weighted by molar-refractivity contribution is 8.15. The molecule has 1 fully saturated rings. The van der Waals surface area contributed by atoms with Crippen LogP contribution in [0.1, 0.15) is 30.9 Å². The molecule has 0 unspecified atom stereocenters. The van der Waals surface area contributed by atoms with Gasteiger partial charge in [0, 0.05) is 0 Å². The molecule has 1 saturated heterocycles. The lowest BCUT2D eigenvalue weighted by molar-refractivity contribution is -0.126. The van der Waals surface area contributed by atoms with Crippen LogP contribution in [0.3, 0.4) is 0 Å². The Labute approximate surface area is 156 Å². The molecule has 6 heteroatoms. The molecule has 26 heavy (non-hydrogen) atoms. The Morgan fingerprint density at radius 1 is 1.15 bits per heavy atom. The molecule has 0 N–H and O–H groups in total. The van der Waals surface area contributed by atoms with Crippen LogP contribution < -0.4 is 0 Å². The van der Waals surface area contributed by atoms with E-state index in [2.05, 4.69) is 17.1 Å². The summed E-state index contributed by atoms with van der Waals surface area (Å²) < 4.78 is 13.1. The van der Waals surface area contributed by atoms with Crippen LogP contribution in [0, 0.1) is 5.82 Å². The third-order valence-corrected chi connectivity index (χ3v) is 5.21. The summed E-state index contributed by atoms with van der Waals surface area (Å²) in [5.74, 6) is -0.254. The Hall–Kier alpha value is -2.47. The smallest absolute Gasteiger partial charge is 0.242 e. The van der Waals surface area contributed by atoms with Gasteiger partial charge in [-0.1, -0.05) is 67.6 Å². The monoisotopic (exact) mass is 369 g/mol. The number of amides is 1. The van der Waals surface area contributed by atoms with E-state index in [1.54, 1.807) is 23.2 Å². The van der Waals surface area contributed by atoms with E-state index >= 15 is 0 Å². The topological polar surface area (TPSA) is 45.0 Å². The third-order valence-electron chi connectivity index (χ3n) is 3.97. The molecule has 1 aliphatic heterocycles. The number of benzene rings is 2. The zero-order valence-electron chi connectivity index (χ0n) is 14.5. The lowest BCUT2D eigenvalue weighted by Gasteiger charge is -2.15. The fourth-order valence-corrected chi connectivity index (χ4v) is 3.85. The van der Waals surface area contributed by atoms with Crippen molar-refractivity contribution in [2.45, 2.75) is 31.6 Å². The maximum atomic E-state index is 13.1. The van der Waals surface area contributed by atoms with Crippen molar-refractivity contribution in [2.24, 2.45) is 10.2 Å². The molecule has 1 atom stereocenters. The molecular formula is C20H20FN3OS. The quantitative estimate of drug-likeness (QED) is 0.557. The largest absolute Gasteiger partial charge is 0.284 e. The van der Waals surface area contributed by atoms with Gasteiger partial charge < -0.3 is 0 Å². The normalized spacial score (nSPS) is 19.0. The van der Waals surface area contributed by atoms with Crippen molar-refractivity contribution in [1.29, 1.82) is 0 Å². The van der Waals surface area contributed by atoms with Crippen molar-refractivity contribution in [1.82, 2.24) is 4.90 Å². The molecule has 2 aromatic rings. The van der Waals surface area contributed by atoms with Crippen molar-refractivity contribution in [3.05, 3.63) is 71.5 Å². The third kappa shape index (κ3) is 4.58. The fraction of sp³-hybridized carbons (Fsp3) is 0.250. The van der Waals surface area contributed by atoms with Crippen LogP contribution in [-0.4, -0.2) is 27.4 Å². The van der Waals surface area contributed by atoms with Crippen LogP contribution in [0.15, 0.2) is 64.8 Å². The maximum absolute atomic E-state index is 13.1. The first kappa shape index (κ1) is 18.3. The molecular weight excluding hydrogens is 349 g/mol. The highest BCUT2D eigenvalue weighted by Gasteiger charge is 2.37. The molecule has 3 rings (SSSR count). The molecule has 134 valence electrons. The lowest BCUT2D eigenvalue weighted by atomic mass is 10.2. The van der Waals surface area contributed by atoms with Crippen molar-refractivity contribution in [2.75, 3.05) is 0 Å². The lowest BCUT2D eigenvalue weighted by Crippen LogP contribution is -2.31. The predicted molar refractivity (Wildman–Crippen MR) is 105 cm³/mol. The van der Waals surface area contributed by atoms with Gasteiger partial charge in [-0.15, -0.1) is 5.10 Å². The summed E-state index contributed by atoms with van der Waals surface area (Å²) in [6, 6.07) is 15.8. The van der Waals surface area contributed by atoms with Crippen LogP contribution in [0.2, 0.25) is 0 Å². The number of halogens is 1.